The molecule has 0 spiro atoms. The monoisotopic (exact) mass is 224 g/mol. The first-order chi connectivity index (χ1) is 7.53. The predicted molar refractivity (Wildman–Crippen MR) is 64.9 cm³/mol. The van der Waals surface area contributed by atoms with Gasteiger partial charge in [0.25, 0.3) is 0 Å². The summed E-state index contributed by atoms with van der Waals surface area (Å²) >= 11 is 0. The number of hydrogen-bond donors (Lipinski definition) is 1. The van der Waals surface area contributed by atoms with Crippen molar-refractivity contribution in [3.8, 4) is 0 Å². The molecule has 2 fully saturated rings. The highest BCUT2D eigenvalue weighted by atomic mass is 16.2. The summed E-state index contributed by atoms with van der Waals surface area (Å²) in [5.41, 5.74) is 5.74. The van der Waals surface area contributed by atoms with Gasteiger partial charge in [-0.05, 0) is 24.7 Å². The second-order valence-corrected chi connectivity index (χ2v) is 5.88. The molecule has 2 rings (SSSR count). The lowest BCUT2D eigenvalue weighted by Crippen LogP contribution is -2.55. The Hall–Kier alpha value is -0.570. The van der Waals surface area contributed by atoms with Crippen LogP contribution < -0.4 is 5.73 Å². The summed E-state index contributed by atoms with van der Waals surface area (Å²) < 4.78 is 0. The van der Waals surface area contributed by atoms with Crippen molar-refractivity contribution >= 4 is 5.91 Å². The zero-order valence-corrected chi connectivity index (χ0v) is 10.5. The van der Waals surface area contributed by atoms with Gasteiger partial charge >= 0.3 is 0 Å². The second-order valence-electron chi connectivity index (χ2n) is 5.88. The zero-order chi connectivity index (χ0) is 11.8. The van der Waals surface area contributed by atoms with Crippen LogP contribution in [0.15, 0.2) is 0 Å². The van der Waals surface area contributed by atoms with E-state index >= 15 is 0 Å². The van der Waals surface area contributed by atoms with Crippen LogP contribution in [0.2, 0.25) is 0 Å². The number of rotatable bonds is 1. The van der Waals surface area contributed by atoms with Crippen LogP contribution in [0.1, 0.15) is 46.0 Å². The van der Waals surface area contributed by atoms with Crippen LogP contribution in [0.5, 0.6) is 0 Å². The molecule has 1 saturated heterocycles. The second kappa shape index (κ2) is 4.36. The van der Waals surface area contributed by atoms with Crippen LogP contribution in [0.4, 0.5) is 0 Å². The first-order valence-corrected chi connectivity index (χ1v) is 6.61. The fourth-order valence-electron chi connectivity index (χ4n) is 3.01. The van der Waals surface area contributed by atoms with Gasteiger partial charge in [-0.3, -0.25) is 4.79 Å². The molecule has 2 unspecified atom stereocenters. The zero-order valence-electron chi connectivity index (χ0n) is 10.5. The third-order valence-electron chi connectivity index (χ3n) is 4.45. The fraction of sp³-hybridized carbons (Fsp3) is 0.923. The third-order valence-corrected chi connectivity index (χ3v) is 4.45. The van der Waals surface area contributed by atoms with Gasteiger partial charge < -0.3 is 10.6 Å². The van der Waals surface area contributed by atoms with Crippen LogP contribution in [0.3, 0.4) is 0 Å². The van der Waals surface area contributed by atoms with E-state index in [1.54, 1.807) is 0 Å². The average Bonchev–Trinajstić information content (AvgIpc) is 2.59. The average molecular weight is 224 g/mol. The Kier molecular flexibility index (Phi) is 3.24. The van der Waals surface area contributed by atoms with E-state index in [9.17, 15) is 4.79 Å². The molecule has 1 heterocycles. The standard InChI is InChI=1S/C13H24N2O/c1-10-8-15(9-11(10)2)12(16)13(14)6-4-3-5-7-13/h10-11H,3-9,14H2,1-2H3. The third kappa shape index (κ3) is 2.10. The van der Waals surface area contributed by atoms with Crippen molar-refractivity contribution < 1.29 is 4.79 Å². The summed E-state index contributed by atoms with van der Waals surface area (Å²) in [5, 5.41) is 0. The minimum atomic E-state index is -0.540. The maximum Gasteiger partial charge on any atom is 0.242 e. The maximum absolute atomic E-state index is 12.4. The molecule has 1 aliphatic carbocycles. The van der Waals surface area contributed by atoms with Crippen LogP contribution in [0.25, 0.3) is 0 Å². The van der Waals surface area contributed by atoms with Crippen LogP contribution in [0, 0.1) is 11.8 Å². The summed E-state index contributed by atoms with van der Waals surface area (Å²) in [4.78, 5) is 14.4. The minimum Gasteiger partial charge on any atom is -0.341 e. The van der Waals surface area contributed by atoms with Crippen LogP contribution >= 0.6 is 0 Å². The lowest BCUT2D eigenvalue weighted by Gasteiger charge is -2.35. The van der Waals surface area contributed by atoms with E-state index < -0.39 is 5.54 Å². The first kappa shape index (κ1) is 11.9. The largest absolute Gasteiger partial charge is 0.341 e. The van der Waals surface area contributed by atoms with E-state index in [-0.39, 0.29) is 5.91 Å². The summed E-state index contributed by atoms with van der Waals surface area (Å²) in [6.07, 6.45) is 5.22. The van der Waals surface area contributed by atoms with Crippen LogP contribution in [-0.4, -0.2) is 29.4 Å². The quantitative estimate of drug-likeness (QED) is 0.737. The summed E-state index contributed by atoms with van der Waals surface area (Å²) in [5.74, 6) is 1.45. The lowest BCUT2D eigenvalue weighted by molar-refractivity contribution is -0.137. The molecule has 3 heteroatoms. The Morgan fingerprint density at radius 3 is 2.12 bits per heavy atom. The van der Waals surface area contributed by atoms with Gasteiger partial charge in [0.15, 0.2) is 0 Å². The molecule has 0 radical (unpaired) electrons. The summed E-state index contributed by atoms with van der Waals surface area (Å²) in [6.45, 7) is 6.25. The van der Waals surface area contributed by atoms with Gasteiger partial charge in [0.2, 0.25) is 5.91 Å². The minimum absolute atomic E-state index is 0.211. The molecule has 0 bridgehead atoms. The number of hydrogen-bond acceptors (Lipinski definition) is 2. The van der Waals surface area contributed by atoms with Crippen molar-refractivity contribution in [2.45, 2.75) is 51.5 Å². The van der Waals surface area contributed by atoms with Gasteiger partial charge in [0.1, 0.15) is 0 Å². The number of nitrogens with two attached hydrogens (primary N) is 1. The normalized spacial score (nSPS) is 34.1. The van der Waals surface area contributed by atoms with E-state index in [1.165, 1.54) is 6.42 Å². The number of carbonyl (C=O) groups is 1. The van der Waals surface area contributed by atoms with Gasteiger partial charge in [-0.1, -0.05) is 33.1 Å². The van der Waals surface area contributed by atoms with Crippen molar-refractivity contribution in [1.29, 1.82) is 0 Å². The molecule has 0 aromatic carbocycles. The van der Waals surface area contributed by atoms with Crippen LogP contribution in [-0.2, 0) is 4.79 Å². The molecule has 1 saturated carbocycles. The van der Waals surface area contributed by atoms with Gasteiger partial charge in [0, 0.05) is 13.1 Å². The van der Waals surface area contributed by atoms with E-state index in [2.05, 4.69) is 13.8 Å². The molecule has 2 N–H and O–H groups in total. The molecule has 2 aliphatic rings. The molecule has 3 nitrogen and oxygen atoms in total. The van der Waals surface area contributed by atoms with E-state index in [0.29, 0.717) is 11.8 Å². The van der Waals surface area contributed by atoms with Gasteiger partial charge in [-0.25, -0.2) is 0 Å². The number of amides is 1. The molecule has 2 atom stereocenters. The van der Waals surface area contributed by atoms with E-state index in [1.807, 2.05) is 4.90 Å². The van der Waals surface area contributed by atoms with E-state index in [0.717, 1.165) is 38.8 Å². The SMILES string of the molecule is CC1CN(C(=O)C2(N)CCCCC2)CC1C. The smallest absolute Gasteiger partial charge is 0.242 e. The Morgan fingerprint density at radius 1 is 1.12 bits per heavy atom. The number of carbonyl (C=O) groups excluding carboxylic acids is 1. The summed E-state index contributed by atoms with van der Waals surface area (Å²) in [6, 6.07) is 0. The molecule has 1 aliphatic heterocycles. The van der Waals surface area contributed by atoms with E-state index in [4.69, 9.17) is 5.73 Å². The Morgan fingerprint density at radius 2 is 1.62 bits per heavy atom. The van der Waals surface area contributed by atoms with Crippen molar-refractivity contribution in [1.82, 2.24) is 4.90 Å². The van der Waals surface area contributed by atoms with Crippen molar-refractivity contribution in [2.24, 2.45) is 17.6 Å². The predicted octanol–water partition coefficient (Wildman–Crippen LogP) is 1.76. The molecule has 16 heavy (non-hydrogen) atoms. The van der Waals surface area contributed by atoms with Gasteiger partial charge in [-0.15, -0.1) is 0 Å². The highest BCUT2D eigenvalue weighted by Crippen LogP contribution is 2.31. The van der Waals surface area contributed by atoms with Crippen molar-refractivity contribution in [2.75, 3.05) is 13.1 Å². The summed E-state index contributed by atoms with van der Waals surface area (Å²) in [7, 11) is 0. The molecule has 0 aromatic heterocycles. The molecular formula is C13H24N2O. The number of likely N-dealkylation sites (tertiary alicyclic amines) is 1. The Bertz CT molecular complexity index is 261. The highest BCUT2D eigenvalue weighted by Gasteiger charge is 2.41. The van der Waals surface area contributed by atoms with Crippen molar-refractivity contribution in [3.63, 3.8) is 0 Å². The van der Waals surface area contributed by atoms with Gasteiger partial charge in [0.05, 0.1) is 5.54 Å². The molecule has 1 amide bonds. The molecule has 92 valence electrons. The highest BCUT2D eigenvalue weighted by molar-refractivity contribution is 5.86. The molecular weight excluding hydrogens is 200 g/mol. The van der Waals surface area contributed by atoms with Gasteiger partial charge in [-0.2, -0.15) is 0 Å². The molecule has 0 aromatic rings. The lowest BCUT2D eigenvalue weighted by atomic mass is 9.81. The number of nitrogens with zero attached hydrogens (tertiary/aromatic N) is 1. The Labute approximate surface area is 98.4 Å². The maximum atomic E-state index is 12.4. The van der Waals surface area contributed by atoms with Crippen molar-refractivity contribution in [3.05, 3.63) is 0 Å². The topological polar surface area (TPSA) is 46.3 Å². The fourth-order valence-corrected chi connectivity index (χ4v) is 3.01. The Balaban J connectivity index is 2.01. The first-order valence-electron chi connectivity index (χ1n) is 6.61.